The van der Waals surface area contributed by atoms with Gasteiger partial charge in [-0.2, -0.15) is 0 Å². The summed E-state index contributed by atoms with van der Waals surface area (Å²) in [5, 5.41) is 3.37. The molecule has 1 aromatic carbocycles. The normalized spacial score (nSPS) is 29.3. The van der Waals surface area contributed by atoms with Gasteiger partial charge >= 0.3 is 0 Å². The third-order valence-electron chi connectivity index (χ3n) is 3.86. The van der Waals surface area contributed by atoms with Crippen LogP contribution in [0, 0.1) is 6.92 Å². The van der Waals surface area contributed by atoms with E-state index >= 15 is 0 Å². The highest BCUT2D eigenvalue weighted by atomic mass is 16.7. The molecule has 2 heterocycles. The molecule has 0 saturated carbocycles. The molecule has 104 valence electrons. The van der Waals surface area contributed by atoms with Crippen LogP contribution in [0.5, 0.6) is 0 Å². The van der Waals surface area contributed by atoms with E-state index in [-0.39, 0.29) is 6.29 Å². The summed E-state index contributed by atoms with van der Waals surface area (Å²) in [4.78, 5) is 2.46. The summed E-state index contributed by atoms with van der Waals surface area (Å²) in [6, 6.07) is 8.76. The fourth-order valence-electron chi connectivity index (χ4n) is 2.76. The van der Waals surface area contributed by atoms with Crippen LogP contribution >= 0.6 is 0 Å². The number of benzene rings is 1. The van der Waals surface area contributed by atoms with Crippen molar-refractivity contribution in [3.05, 3.63) is 35.4 Å². The summed E-state index contributed by atoms with van der Waals surface area (Å²) in [5.74, 6) is 0. The predicted molar refractivity (Wildman–Crippen MR) is 74.1 cm³/mol. The van der Waals surface area contributed by atoms with Gasteiger partial charge in [-0.25, -0.2) is 0 Å². The SMILES string of the molecule is Cc1cccc(C2OCC(N3CCNCC3)CO2)c1. The molecule has 0 unspecified atom stereocenters. The van der Waals surface area contributed by atoms with E-state index < -0.39 is 0 Å². The van der Waals surface area contributed by atoms with Gasteiger partial charge in [0.2, 0.25) is 0 Å². The standard InChI is InChI=1S/C15H22N2O2/c1-12-3-2-4-13(9-12)15-18-10-14(11-19-15)17-7-5-16-6-8-17/h2-4,9,14-16H,5-8,10-11H2,1H3. The topological polar surface area (TPSA) is 33.7 Å². The first-order valence-electron chi connectivity index (χ1n) is 7.07. The van der Waals surface area contributed by atoms with Crippen molar-refractivity contribution in [1.29, 1.82) is 0 Å². The zero-order valence-electron chi connectivity index (χ0n) is 11.5. The van der Waals surface area contributed by atoms with E-state index in [0.29, 0.717) is 6.04 Å². The first-order valence-corrected chi connectivity index (χ1v) is 7.07. The first kappa shape index (κ1) is 13.1. The Balaban J connectivity index is 1.57. The number of hydrogen-bond donors (Lipinski definition) is 1. The molecule has 4 heteroatoms. The van der Waals surface area contributed by atoms with Crippen LogP contribution in [0.15, 0.2) is 24.3 Å². The third kappa shape index (κ3) is 3.15. The highest BCUT2D eigenvalue weighted by Gasteiger charge is 2.28. The van der Waals surface area contributed by atoms with Crippen LogP contribution in [0.25, 0.3) is 0 Å². The number of ether oxygens (including phenoxy) is 2. The van der Waals surface area contributed by atoms with Gasteiger partial charge in [0.25, 0.3) is 0 Å². The maximum absolute atomic E-state index is 5.90. The summed E-state index contributed by atoms with van der Waals surface area (Å²) in [6.45, 7) is 7.93. The summed E-state index contributed by atoms with van der Waals surface area (Å²) in [7, 11) is 0. The first-order chi connectivity index (χ1) is 9.33. The Hall–Kier alpha value is -0.940. The van der Waals surface area contributed by atoms with Gasteiger partial charge in [-0.3, -0.25) is 4.90 Å². The molecule has 0 atom stereocenters. The van der Waals surface area contributed by atoms with Gasteiger partial charge in [-0.15, -0.1) is 0 Å². The zero-order valence-corrected chi connectivity index (χ0v) is 11.5. The average molecular weight is 262 g/mol. The minimum Gasteiger partial charge on any atom is -0.347 e. The Morgan fingerprint density at radius 1 is 1.16 bits per heavy atom. The van der Waals surface area contributed by atoms with Crippen LogP contribution in [-0.4, -0.2) is 50.3 Å². The number of nitrogens with one attached hydrogen (secondary N) is 1. The molecule has 2 aliphatic heterocycles. The van der Waals surface area contributed by atoms with E-state index in [1.807, 2.05) is 0 Å². The summed E-state index contributed by atoms with van der Waals surface area (Å²) in [5.41, 5.74) is 2.37. The van der Waals surface area contributed by atoms with Crippen molar-refractivity contribution in [3.8, 4) is 0 Å². The van der Waals surface area contributed by atoms with E-state index in [1.165, 1.54) is 5.56 Å². The number of hydrogen-bond acceptors (Lipinski definition) is 4. The van der Waals surface area contributed by atoms with E-state index in [2.05, 4.69) is 41.4 Å². The molecule has 1 N–H and O–H groups in total. The lowest BCUT2D eigenvalue weighted by Gasteiger charge is -2.38. The lowest BCUT2D eigenvalue weighted by atomic mass is 10.1. The Kier molecular flexibility index (Phi) is 4.13. The van der Waals surface area contributed by atoms with Crippen molar-refractivity contribution >= 4 is 0 Å². The Morgan fingerprint density at radius 2 is 1.89 bits per heavy atom. The number of piperazine rings is 1. The maximum atomic E-state index is 5.90. The highest BCUT2D eigenvalue weighted by Crippen LogP contribution is 2.25. The summed E-state index contributed by atoms with van der Waals surface area (Å²) < 4.78 is 11.8. The fourth-order valence-corrected chi connectivity index (χ4v) is 2.76. The van der Waals surface area contributed by atoms with Gasteiger partial charge in [0.05, 0.1) is 19.3 Å². The van der Waals surface area contributed by atoms with Gasteiger partial charge < -0.3 is 14.8 Å². The maximum Gasteiger partial charge on any atom is 0.183 e. The highest BCUT2D eigenvalue weighted by molar-refractivity contribution is 5.23. The van der Waals surface area contributed by atoms with Crippen molar-refractivity contribution < 1.29 is 9.47 Å². The number of nitrogens with zero attached hydrogens (tertiary/aromatic N) is 1. The predicted octanol–water partition coefficient (Wildman–Crippen LogP) is 1.31. The largest absolute Gasteiger partial charge is 0.347 e. The van der Waals surface area contributed by atoms with Crippen LogP contribution in [0.2, 0.25) is 0 Å². The Morgan fingerprint density at radius 3 is 2.58 bits per heavy atom. The van der Waals surface area contributed by atoms with E-state index in [9.17, 15) is 0 Å². The molecule has 0 spiro atoms. The van der Waals surface area contributed by atoms with E-state index in [0.717, 1.165) is 45.0 Å². The second-order valence-electron chi connectivity index (χ2n) is 5.35. The molecule has 0 aromatic heterocycles. The van der Waals surface area contributed by atoms with Crippen LogP contribution in [0.4, 0.5) is 0 Å². The van der Waals surface area contributed by atoms with Gasteiger partial charge in [-0.05, 0) is 6.92 Å². The fraction of sp³-hybridized carbons (Fsp3) is 0.600. The van der Waals surface area contributed by atoms with Crippen molar-refractivity contribution in [3.63, 3.8) is 0 Å². The molecule has 2 aliphatic rings. The zero-order chi connectivity index (χ0) is 13.1. The lowest BCUT2D eigenvalue weighted by molar-refractivity contribution is -0.209. The molecule has 2 fully saturated rings. The molecule has 0 amide bonds. The lowest BCUT2D eigenvalue weighted by Crippen LogP contribution is -2.53. The molecule has 1 aromatic rings. The molecule has 3 rings (SSSR count). The minimum absolute atomic E-state index is 0.195. The monoisotopic (exact) mass is 262 g/mol. The molecule has 4 nitrogen and oxygen atoms in total. The quantitative estimate of drug-likeness (QED) is 0.871. The minimum atomic E-state index is -0.195. The number of aryl methyl sites for hydroxylation is 1. The van der Waals surface area contributed by atoms with Crippen molar-refractivity contribution in [2.24, 2.45) is 0 Å². The molecular formula is C15H22N2O2. The summed E-state index contributed by atoms with van der Waals surface area (Å²) >= 11 is 0. The molecular weight excluding hydrogens is 240 g/mol. The van der Waals surface area contributed by atoms with Gasteiger partial charge in [0, 0.05) is 31.7 Å². The van der Waals surface area contributed by atoms with Gasteiger partial charge in [0.1, 0.15) is 0 Å². The average Bonchev–Trinajstić information content (AvgIpc) is 2.48. The van der Waals surface area contributed by atoms with Crippen LogP contribution in [0.3, 0.4) is 0 Å². The van der Waals surface area contributed by atoms with Crippen molar-refractivity contribution in [1.82, 2.24) is 10.2 Å². The van der Waals surface area contributed by atoms with E-state index in [4.69, 9.17) is 9.47 Å². The Labute approximate surface area is 114 Å². The van der Waals surface area contributed by atoms with Crippen LogP contribution in [-0.2, 0) is 9.47 Å². The second-order valence-corrected chi connectivity index (χ2v) is 5.35. The number of rotatable bonds is 2. The van der Waals surface area contributed by atoms with Gasteiger partial charge in [-0.1, -0.05) is 29.8 Å². The van der Waals surface area contributed by atoms with Crippen LogP contribution in [0.1, 0.15) is 17.4 Å². The van der Waals surface area contributed by atoms with Crippen molar-refractivity contribution in [2.75, 3.05) is 39.4 Å². The second kappa shape index (κ2) is 6.01. The smallest absolute Gasteiger partial charge is 0.183 e. The van der Waals surface area contributed by atoms with Crippen LogP contribution < -0.4 is 5.32 Å². The third-order valence-corrected chi connectivity index (χ3v) is 3.86. The molecule has 0 bridgehead atoms. The Bertz CT molecular complexity index is 410. The summed E-state index contributed by atoms with van der Waals surface area (Å²) in [6.07, 6.45) is -0.195. The van der Waals surface area contributed by atoms with Gasteiger partial charge in [0.15, 0.2) is 6.29 Å². The van der Waals surface area contributed by atoms with E-state index in [1.54, 1.807) is 0 Å². The molecule has 2 saturated heterocycles. The molecule has 19 heavy (non-hydrogen) atoms. The molecule has 0 radical (unpaired) electrons. The molecule has 0 aliphatic carbocycles. The van der Waals surface area contributed by atoms with Crippen molar-refractivity contribution in [2.45, 2.75) is 19.3 Å².